The Hall–Kier alpha value is -2.28. The van der Waals surface area contributed by atoms with Crippen molar-refractivity contribution in [1.82, 2.24) is 5.32 Å². The summed E-state index contributed by atoms with van der Waals surface area (Å²) in [6.07, 6.45) is 0.895. The molecule has 92 valence electrons. The van der Waals surface area contributed by atoms with E-state index in [1.165, 1.54) is 0 Å². The predicted octanol–water partition coefficient (Wildman–Crippen LogP) is 1.28. The number of nitrogens with one attached hydrogen (secondary N) is 2. The first-order valence-electron chi connectivity index (χ1n) is 5.82. The second-order valence-electron chi connectivity index (χ2n) is 4.10. The lowest BCUT2D eigenvalue weighted by molar-refractivity contribution is -0.133. The average Bonchev–Trinajstić information content (AvgIpc) is 2.34. The number of hydrogen-bond acceptors (Lipinski definition) is 3. The molecule has 1 aromatic carbocycles. The maximum atomic E-state index is 11.6. The second kappa shape index (κ2) is 5.37. The molecular formula is C14H14N2O2. The zero-order valence-corrected chi connectivity index (χ0v) is 10.1. The molecule has 0 aromatic heterocycles. The minimum Gasteiger partial charge on any atom is -0.374 e. The number of amides is 2. The van der Waals surface area contributed by atoms with Crippen LogP contribution in [-0.4, -0.2) is 17.9 Å². The van der Waals surface area contributed by atoms with E-state index in [2.05, 4.69) is 22.5 Å². The van der Waals surface area contributed by atoms with Gasteiger partial charge in [0.2, 0.25) is 11.8 Å². The quantitative estimate of drug-likeness (QED) is 0.606. The monoisotopic (exact) mass is 242 g/mol. The molecule has 1 heterocycles. The van der Waals surface area contributed by atoms with Crippen LogP contribution >= 0.6 is 0 Å². The molecule has 1 aliphatic heterocycles. The van der Waals surface area contributed by atoms with Gasteiger partial charge in [-0.15, -0.1) is 5.92 Å². The molecule has 2 rings (SSSR count). The molecule has 1 fully saturated rings. The Balaban J connectivity index is 2.08. The van der Waals surface area contributed by atoms with Crippen LogP contribution in [0.4, 0.5) is 5.69 Å². The summed E-state index contributed by atoms with van der Waals surface area (Å²) in [6.45, 7) is 1.78. The summed E-state index contributed by atoms with van der Waals surface area (Å²) in [7, 11) is 0. The van der Waals surface area contributed by atoms with Crippen molar-refractivity contribution in [2.75, 3.05) is 5.32 Å². The van der Waals surface area contributed by atoms with E-state index in [4.69, 9.17) is 0 Å². The van der Waals surface area contributed by atoms with Crippen LogP contribution in [0, 0.1) is 11.8 Å². The van der Waals surface area contributed by atoms with Crippen LogP contribution < -0.4 is 10.6 Å². The first-order valence-corrected chi connectivity index (χ1v) is 5.82. The van der Waals surface area contributed by atoms with Crippen molar-refractivity contribution in [3.05, 3.63) is 29.8 Å². The molecule has 1 unspecified atom stereocenters. The lowest BCUT2D eigenvalue weighted by Gasteiger charge is -2.22. The van der Waals surface area contributed by atoms with Crippen molar-refractivity contribution < 1.29 is 9.59 Å². The summed E-state index contributed by atoms with van der Waals surface area (Å²) in [6, 6.07) is 7.21. The zero-order valence-electron chi connectivity index (χ0n) is 10.1. The summed E-state index contributed by atoms with van der Waals surface area (Å²) < 4.78 is 0. The number of rotatable bonds is 2. The third-order valence-corrected chi connectivity index (χ3v) is 2.71. The minimum absolute atomic E-state index is 0.205. The van der Waals surface area contributed by atoms with Gasteiger partial charge >= 0.3 is 0 Å². The number of anilines is 1. The maximum absolute atomic E-state index is 11.6. The Kier molecular flexibility index (Phi) is 3.63. The summed E-state index contributed by atoms with van der Waals surface area (Å²) in [4.78, 5) is 22.6. The van der Waals surface area contributed by atoms with Crippen LogP contribution in [0.5, 0.6) is 0 Å². The van der Waals surface area contributed by atoms with Gasteiger partial charge in [-0.2, -0.15) is 0 Å². The molecule has 1 aromatic rings. The minimum atomic E-state index is -0.354. The molecule has 0 saturated carbocycles. The molecule has 2 amide bonds. The van der Waals surface area contributed by atoms with E-state index in [9.17, 15) is 9.59 Å². The Labute approximate surface area is 106 Å². The molecule has 2 N–H and O–H groups in total. The molecular weight excluding hydrogens is 228 g/mol. The number of benzene rings is 1. The van der Waals surface area contributed by atoms with Crippen LogP contribution in [0.15, 0.2) is 24.3 Å². The van der Waals surface area contributed by atoms with Gasteiger partial charge in [-0.1, -0.05) is 12.0 Å². The van der Waals surface area contributed by atoms with Gasteiger partial charge in [-0.05, 0) is 31.5 Å². The molecule has 0 bridgehead atoms. The maximum Gasteiger partial charge on any atom is 0.249 e. The second-order valence-corrected chi connectivity index (χ2v) is 4.10. The third-order valence-electron chi connectivity index (χ3n) is 2.71. The van der Waals surface area contributed by atoms with Crippen molar-refractivity contribution >= 4 is 17.5 Å². The lowest BCUT2D eigenvalue weighted by Crippen LogP contribution is -2.47. The summed E-state index contributed by atoms with van der Waals surface area (Å²) in [5.41, 5.74) is 1.74. The van der Waals surface area contributed by atoms with Gasteiger partial charge in [0, 0.05) is 17.7 Å². The van der Waals surface area contributed by atoms with Gasteiger partial charge < -0.3 is 5.32 Å². The summed E-state index contributed by atoms with van der Waals surface area (Å²) in [5.74, 6) is 5.32. The summed E-state index contributed by atoms with van der Waals surface area (Å²) in [5, 5.41) is 5.44. The van der Waals surface area contributed by atoms with E-state index in [0.29, 0.717) is 12.8 Å². The highest BCUT2D eigenvalue weighted by Crippen LogP contribution is 2.15. The smallest absolute Gasteiger partial charge is 0.249 e. The summed E-state index contributed by atoms with van der Waals surface area (Å²) >= 11 is 0. The first kappa shape index (κ1) is 12.2. The molecule has 1 aliphatic rings. The van der Waals surface area contributed by atoms with Crippen molar-refractivity contribution in [2.45, 2.75) is 25.8 Å². The number of hydrogen-bond donors (Lipinski definition) is 2. The molecule has 1 atom stereocenters. The van der Waals surface area contributed by atoms with Gasteiger partial charge in [-0.25, -0.2) is 0 Å². The number of carbonyl (C=O) groups excluding carboxylic acids is 2. The fourth-order valence-electron chi connectivity index (χ4n) is 1.86. The molecule has 1 saturated heterocycles. The largest absolute Gasteiger partial charge is 0.374 e. The van der Waals surface area contributed by atoms with Gasteiger partial charge in [0.15, 0.2) is 0 Å². The highest BCUT2D eigenvalue weighted by atomic mass is 16.2. The van der Waals surface area contributed by atoms with E-state index < -0.39 is 0 Å². The van der Waals surface area contributed by atoms with E-state index in [1.54, 1.807) is 6.92 Å². The van der Waals surface area contributed by atoms with E-state index in [0.717, 1.165) is 11.3 Å². The van der Waals surface area contributed by atoms with Crippen LogP contribution in [0.1, 0.15) is 25.3 Å². The first-order chi connectivity index (χ1) is 8.69. The van der Waals surface area contributed by atoms with Crippen LogP contribution in [0.25, 0.3) is 0 Å². The van der Waals surface area contributed by atoms with E-state index in [1.807, 2.05) is 24.3 Å². The van der Waals surface area contributed by atoms with Gasteiger partial charge in [0.1, 0.15) is 6.04 Å². The van der Waals surface area contributed by atoms with E-state index >= 15 is 0 Å². The topological polar surface area (TPSA) is 58.2 Å². The average molecular weight is 242 g/mol. The van der Waals surface area contributed by atoms with E-state index in [-0.39, 0.29) is 17.9 Å². The van der Waals surface area contributed by atoms with Crippen molar-refractivity contribution in [3.63, 3.8) is 0 Å². The van der Waals surface area contributed by atoms with Gasteiger partial charge in [-0.3, -0.25) is 14.9 Å². The Morgan fingerprint density at radius 2 is 2.22 bits per heavy atom. The van der Waals surface area contributed by atoms with Crippen molar-refractivity contribution in [1.29, 1.82) is 0 Å². The third kappa shape index (κ3) is 2.89. The Bertz CT molecular complexity index is 540. The van der Waals surface area contributed by atoms with Crippen LogP contribution in [-0.2, 0) is 9.59 Å². The molecule has 0 radical (unpaired) electrons. The number of imide groups is 1. The zero-order chi connectivity index (χ0) is 13.0. The fraction of sp³-hybridized carbons (Fsp3) is 0.286. The van der Waals surface area contributed by atoms with Gasteiger partial charge in [0.05, 0.1) is 0 Å². The van der Waals surface area contributed by atoms with Crippen LogP contribution in [0.3, 0.4) is 0 Å². The molecule has 0 spiro atoms. The molecule has 18 heavy (non-hydrogen) atoms. The van der Waals surface area contributed by atoms with Gasteiger partial charge in [0.25, 0.3) is 0 Å². The van der Waals surface area contributed by atoms with Crippen molar-refractivity contribution in [2.24, 2.45) is 0 Å². The SMILES string of the molecule is CC#Cc1cccc(NC2CCC(=O)NC2=O)c1. The molecule has 0 aliphatic carbocycles. The normalized spacial score (nSPS) is 18.6. The van der Waals surface area contributed by atoms with Crippen LogP contribution in [0.2, 0.25) is 0 Å². The molecule has 4 nitrogen and oxygen atoms in total. The highest BCUT2D eigenvalue weighted by Gasteiger charge is 2.26. The lowest BCUT2D eigenvalue weighted by atomic mass is 10.1. The standard InChI is InChI=1S/C14H14N2O2/c1-2-4-10-5-3-6-11(9-10)15-12-7-8-13(17)16-14(12)18/h3,5-6,9,12,15H,7-8H2,1H3,(H,16,17,18). The molecule has 4 heteroatoms. The highest BCUT2D eigenvalue weighted by molar-refractivity contribution is 6.01. The number of carbonyl (C=O) groups is 2. The predicted molar refractivity (Wildman–Crippen MR) is 68.8 cm³/mol. The Morgan fingerprint density at radius 1 is 1.39 bits per heavy atom. The fourth-order valence-corrected chi connectivity index (χ4v) is 1.86. The Morgan fingerprint density at radius 3 is 2.94 bits per heavy atom. The number of piperidine rings is 1. The van der Waals surface area contributed by atoms with Crippen molar-refractivity contribution in [3.8, 4) is 11.8 Å².